The summed E-state index contributed by atoms with van der Waals surface area (Å²) in [4.78, 5) is 28.2. The van der Waals surface area contributed by atoms with Crippen LogP contribution >= 0.6 is 34.8 Å². The van der Waals surface area contributed by atoms with Gasteiger partial charge in [0.2, 0.25) is 5.82 Å². The van der Waals surface area contributed by atoms with Crippen molar-refractivity contribution in [3.8, 4) is 11.4 Å². The molecule has 1 aromatic heterocycles. The average Bonchev–Trinajstić information content (AvgIpc) is 3.15. The fourth-order valence-corrected chi connectivity index (χ4v) is 2.85. The Morgan fingerprint density at radius 3 is 2.21 bits per heavy atom. The summed E-state index contributed by atoms with van der Waals surface area (Å²) in [5, 5.41) is 10.2. The first-order valence-electron chi connectivity index (χ1n) is 8.05. The van der Waals surface area contributed by atoms with Crippen molar-refractivity contribution in [2.75, 3.05) is 13.1 Å². The second-order valence-electron chi connectivity index (χ2n) is 5.57. The number of hydrogen-bond donors (Lipinski definition) is 2. The van der Waals surface area contributed by atoms with Crippen LogP contribution in [0.15, 0.2) is 47.0 Å². The fourth-order valence-electron chi connectivity index (χ4n) is 2.23. The summed E-state index contributed by atoms with van der Waals surface area (Å²) in [5.74, 6) is -0.838. The number of aromatic nitrogens is 2. The Morgan fingerprint density at radius 1 is 0.893 bits per heavy atom. The monoisotopic (exact) mass is 438 g/mol. The molecule has 2 N–H and O–H groups in total. The van der Waals surface area contributed by atoms with Gasteiger partial charge in [0.25, 0.3) is 5.91 Å². The summed E-state index contributed by atoms with van der Waals surface area (Å²) < 4.78 is 4.96. The number of rotatable bonds is 6. The highest BCUT2D eigenvalue weighted by Crippen LogP contribution is 2.21. The summed E-state index contributed by atoms with van der Waals surface area (Å²) >= 11 is 17.6. The summed E-state index contributed by atoms with van der Waals surface area (Å²) in [5.41, 5.74) is 0.959. The van der Waals surface area contributed by atoms with Crippen molar-refractivity contribution < 1.29 is 14.1 Å². The lowest BCUT2D eigenvalue weighted by molar-refractivity contribution is 0.0898. The number of carbonyl (C=O) groups is 2. The summed E-state index contributed by atoms with van der Waals surface area (Å²) in [7, 11) is 0. The number of amides is 2. The van der Waals surface area contributed by atoms with Crippen molar-refractivity contribution in [2.24, 2.45) is 0 Å². The van der Waals surface area contributed by atoms with E-state index in [0.29, 0.717) is 21.2 Å². The van der Waals surface area contributed by atoms with Gasteiger partial charge in [-0.25, -0.2) is 0 Å². The molecule has 0 aliphatic heterocycles. The van der Waals surface area contributed by atoms with Crippen LogP contribution in [-0.2, 0) is 0 Å². The molecule has 0 aliphatic rings. The van der Waals surface area contributed by atoms with Crippen LogP contribution in [-0.4, -0.2) is 35.0 Å². The zero-order valence-electron chi connectivity index (χ0n) is 14.2. The van der Waals surface area contributed by atoms with E-state index in [2.05, 4.69) is 20.8 Å². The fraction of sp³-hybridized carbons (Fsp3) is 0.111. The molecule has 0 radical (unpaired) electrons. The molecule has 2 aromatic carbocycles. The SMILES string of the molecule is O=C(NCCNC(=O)c1ccc(Cl)cc1Cl)c1nc(-c2ccc(Cl)cc2)no1. The third-order valence-corrected chi connectivity index (χ3v) is 4.39. The van der Waals surface area contributed by atoms with Crippen molar-refractivity contribution >= 4 is 46.6 Å². The van der Waals surface area contributed by atoms with E-state index in [1.807, 2.05) is 0 Å². The first-order valence-corrected chi connectivity index (χ1v) is 9.18. The number of carbonyl (C=O) groups excluding carboxylic acids is 2. The van der Waals surface area contributed by atoms with Crippen LogP contribution in [0.2, 0.25) is 15.1 Å². The molecule has 1 heterocycles. The molecule has 10 heteroatoms. The zero-order chi connectivity index (χ0) is 20.1. The minimum Gasteiger partial charge on any atom is -0.350 e. The predicted molar refractivity (Wildman–Crippen MR) is 106 cm³/mol. The Balaban J connectivity index is 1.49. The molecule has 0 bridgehead atoms. The maximum Gasteiger partial charge on any atom is 0.316 e. The number of benzene rings is 2. The Labute approximate surface area is 175 Å². The first-order chi connectivity index (χ1) is 13.4. The van der Waals surface area contributed by atoms with Gasteiger partial charge < -0.3 is 15.2 Å². The Hall–Kier alpha value is -2.61. The maximum absolute atomic E-state index is 12.1. The van der Waals surface area contributed by atoms with Gasteiger partial charge in [-0.15, -0.1) is 0 Å². The normalized spacial score (nSPS) is 10.5. The third kappa shape index (κ3) is 5.01. The molecule has 144 valence electrons. The number of nitrogens with one attached hydrogen (secondary N) is 2. The average molecular weight is 440 g/mol. The lowest BCUT2D eigenvalue weighted by Gasteiger charge is -2.07. The molecule has 3 rings (SSSR count). The minimum atomic E-state index is -0.550. The highest BCUT2D eigenvalue weighted by atomic mass is 35.5. The molecule has 0 saturated carbocycles. The van der Waals surface area contributed by atoms with Crippen molar-refractivity contribution in [3.63, 3.8) is 0 Å². The highest BCUT2D eigenvalue weighted by molar-refractivity contribution is 6.36. The van der Waals surface area contributed by atoms with E-state index >= 15 is 0 Å². The predicted octanol–water partition coefficient (Wildman–Crippen LogP) is 3.86. The summed E-state index contributed by atoms with van der Waals surface area (Å²) in [6, 6.07) is 11.4. The quantitative estimate of drug-likeness (QED) is 0.569. The van der Waals surface area contributed by atoms with E-state index in [1.54, 1.807) is 30.3 Å². The van der Waals surface area contributed by atoms with E-state index in [1.165, 1.54) is 12.1 Å². The van der Waals surface area contributed by atoms with Gasteiger partial charge in [-0.2, -0.15) is 4.98 Å². The molecule has 0 fully saturated rings. The highest BCUT2D eigenvalue weighted by Gasteiger charge is 2.16. The van der Waals surface area contributed by atoms with Crippen LogP contribution in [0.25, 0.3) is 11.4 Å². The maximum atomic E-state index is 12.1. The standard InChI is InChI=1S/C18H13Cl3N4O3/c19-11-3-1-10(2-4-11)15-24-18(28-25-15)17(27)23-8-7-22-16(26)13-6-5-12(20)9-14(13)21/h1-6,9H,7-8H2,(H,22,26)(H,23,27). The second-order valence-corrected chi connectivity index (χ2v) is 6.85. The molecule has 0 unspecified atom stereocenters. The van der Waals surface area contributed by atoms with Gasteiger partial charge >= 0.3 is 11.8 Å². The lowest BCUT2D eigenvalue weighted by Crippen LogP contribution is -2.34. The van der Waals surface area contributed by atoms with Gasteiger partial charge in [0.05, 0.1) is 10.6 Å². The molecule has 0 spiro atoms. The van der Waals surface area contributed by atoms with Crippen LogP contribution in [0.3, 0.4) is 0 Å². The summed E-state index contributed by atoms with van der Waals surface area (Å²) in [6.45, 7) is 0.343. The zero-order valence-corrected chi connectivity index (χ0v) is 16.5. The number of hydrogen-bond acceptors (Lipinski definition) is 5. The van der Waals surface area contributed by atoms with Crippen molar-refractivity contribution in [3.05, 3.63) is 69.0 Å². The topological polar surface area (TPSA) is 97.1 Å². The molecule has 2 amide bonds. The van der Waals surface area contributed by atoms with E-state index in [9.17, 15) is 9.59 Å². The van der Waals surface area contributed by atoms with Gasteiger partial charge in [-0.05, 0) is 42.5 Å². The van der Waals surface area contributed by atoms with Crippen LogP contribution < -0.4 is 10.6 Å². The van der Waals surface area contributed by atoms with Crippen LogP contribution in [0.5, 0.6) is 0 Å². The number of nitrogens with zero attached hydrogens (tertiary/aromatic N) is 2. The van der Waals surface area contributed by atoms with Crippen LogP contribution in [0.4, 0.5) is 0 Å². The second kappa shape index (κ2) is 9.05. The summed E-state index contributed by atoms with van der Waals surface area (Å²) in [6.07, 6.45) is 0. The Kier molecular flexibility index (Phi) is 6.51. The Morgan fingerprint density at radius 2 is 1.54 bits per heavy atom. The van der Waals surface area contributed by atoms with E-state index in [0.717, 1.165) is 0 Å². The van der Waals surface area contributed by atoms with Gasteiger partial charge in [0.15, 0.2) is 0 Å². The van der Waals surface area contributed by atoms with E-state index in [4.69, 9.17) is 39.3 Å². The van der Waals surface area contributed by atoms with E-state index < -0.39 is 5.91 Å². The molecule has 0 aliphatic carbocycles. The number of halogens is 3. The third-order valence-electron chi connectivity index (χ3n) is 3.59. The largest absolute Gasteiger partial charge is 0.350 e. The van der Waals surface area contributed by atoms with Crippen molar-refractivity contribution in [2.45, 2.75) is 0 Å². The molecule has 0 atom stereocenters. The van der Waals surface area contributed by atoms with Gasteiger partial charge in [0.1, 0.15) is 0 Å². The molecule has 3 aromatic rings. The molecule has 28 heavy (non-hydrogen) atoms. The van der Waals surface area contributed by atoms with Gasteiger partial charge in [0, 0.05) is 28.7 Å². The molecular formula is C18H13Cl3N4O3. The smallest absolute Gasteiger partial charge is 0.316 e. The van der Waals surface area contributed by atoms with Crippen LogP contribution in [0.1, 0.15) is 21.0 Å². The van der Waals surface area contributed by atoms with Gasteiger partial charge in [-0.3, -0.25) is 9.59 Å². The lowest BCUT2D eigenvalue weighted by atomic mass is 10.2. The Bertz CT molecular complexity index is 1010. The molecule has 7 nitrogen and oxygen atoms in total. The van der Waals surface area contributed by atoms with Crippen LogP contribution in [0, 0.1) is 0 Å². The first kappa shape index (κ1) is 20.1. The molecule has 0 saturated heterocycles. The molecular weight excluding hydrogens is 427 g/mol. The van der Waals surface area contributed by atoms with Crippen molar-refractivity contribution in [1.82, 2.24) is 20.8 Å². The van der Waals surface area contributed by atoms with E-state index in [-0.39, 0.29) is 35.7 Å². The van der Waals surface area contributed by atoms with Gasteiger partial charge in [-0.1, -0.05) is 40.0 Å². The minimum absolute atomic E-state index is 0.161. The van der Waals surface area contributed by atoms with Crippen molar-refractivity contribution in [1.29, 1.82) is 0 Å².